The van der Waals surface area contributed by atoms with Gasteiger partial charge in [0.05, 0.1) is 19.8 Å². The van der Waals surface area contributed by atoms with E-state index in [0.717, 1.165) is 0 Å². The molecule has 2 aromatic rings. The molecule has 6 heteroatoms. The molecule has 2 aromatic carbocycles. The number of hydrogen-bond donors (Lipinski definition) is 2. The highest BCUT2D eigenvalue weighted by atomic mass is 35.5. The molecule has 0 aliphatic rings. The fraction of sp³-hybridized carbons (Fsp3) is 0.118. The van der Waals surface area contributed by atoms with Crippen molar-refractivity contribution in [2.75, 3.05) is 14.2 Å². The maximum absolute atomic E-state index is 11.7. The molecule has 0 spiro atoms. The van der Waals surface area contributed by atoms with Crippen LogP contribution in [0.3, 0.4) is 0 Å². The van der Waals surface area contributed by atoms with Gasteiger partial charge < -0.3 is 19.7 Å². The van der Waals surface area contributed by atoms with Gasteiger partial charge in [0.15, 0.2) is 0 Å². The van der Waals surface area contributed by atoms with Crippen molar-refractivity contribution in [2.45, 2.75) is 0 Å². The highest BCUT2D eigenvalue weighted by molar-refractivity contribution is 6.31. The van der Waals surface area contributed by atoms with Gasteiger partial charge in [-0.15, -0.1) is 0 Å². The number of carboxylic acid groups (broad SMARTS) is 1. The summed E-state index contributed by atoms with van der Waals surface area (Å²) in [6, 6.07) is 9.20. The second-order valence-corrected chi connectivity index (χ2v) is 5.07. The number of benzene rings is 2. The van der Waals surface area contributed by atoms with Crippen LogP contribution in [-0.4, -0.2) is 30.4 Å². The topological polar surface area (TPSA) is 76.0 Å². The van der Waals surface area contributed by atoms with Crippen LogP contribution in [0.4, 0.5) is 0 Å². The average molecular weight is 335 g/mol. The third-order valence-electron chi connectivity index (χ3n) is 3.22. The van der Waals surface area contributed by atoms with E-state index in [0.29, 0.717) is 27.6 Å². The van der Waals surface area contributed by atoms with Crippen LogP contribution in [-0.2, 0) is 4.79 Å². The van der Waals surface area contributed by atoms with E-state index in [1.165, 1.54) is 38.5 Å². The lowest BCUT2D eigenvalue weighted by Gasteiger charge is -2.11. The number of phenols is 1. The summed E-state index contributed by atoms with van der Waals surface area (Å²) in [4.78, 5) is 11.7. The van der Waals surface area contributed by atoms with E-state index in [9.17, 15) is 15.0 Å². The van der Waals surface area contributed by atoms with Gasteiger partial charge in [0.1, 0.15) is 17.2 Å². The zero-order valence-corrected chi connectivity index (χ0v) is 13.3. The van der Waals surface area contributed by atoms with E-state index >= 15 is 0 Å². The average Bonchev–Trinajstić information content (AvgIpc) is 2.54. The van der Waals surface area contributed by atoms with Crippen molar-refractivity contribution in [1.82, 2.24) is 0 Å². The van der Waals surface area contributed by atoms with E-state index in [-0.39, 0.29) is 11.3 Å². The zero-order chi connectivity index (χ0) is 17.0. The molecule has 0 aliphatic carbocycles. The fourth-order valence-electron chi connectivity index (χ4n) is 2.07. The molecule has 0 atom stereocenters. The minimum Gasteiger partial charge on any atom is -0.507 e. The molecule has 0 saturated heterocycles. The van der Waals surface area contributed by atoms with Crippen LogP contribution < -0.4 is 9.47 Å². The molecular weight excluding hydrogens is 320 g/mol. The molecule has 5 nitrogen and oxygen atoms in total. The molecule has 0 aromatic heterocycles. The molecule has 2 rings (SSSR count). The van der Waals surface area contributed by atoms with Crippen LogP contribution in [0, 0.1) is 0 Å². The summed E-state index contributed by atoms with van der Waals surface area (Å²) in [6.45, 7) is 0. The van der Waals surface area contributed by atoms with Crippen LogP contribution in [0.1, 0.15) is 11.1 Å². The van der Waals surface area contributed by atoms with E-state index in [4.69, 9.17) is 21.1 Å². The minimum atomic E-state index is -1.16. The summed E-state index contributed by atoms with van der Waals surface area (Å²) >= 11 is 5.89. The van der Waals surface area contributed by atoms with Crippen molar-refractivity contribution in [3.8, 4) is 17.2 Å². The minimum absolute atomic E-state index is 0.0398. The Bertz CT molecular complexity index is 768. The van der Waals surface area contributed by atoms with Gasteiger partial charge in [-0.3, -0.25) is 0 Å². The van der Waals surface area contributed by atoms with Crippen molar-refractivity contribution < 1.29 is 24.5 Å². The number of rotatable bonds is 5. The third-order valence-corrected chi connectivity index (χ3v) is 3.45. The molecule has 0 amide bonds. The quantitative estimate of drug-likeness (QED) is 0.644. The summed E-state index contributed by atoms with van der Waals surface area (Å²) in [5.74, 6) is -0.339. The first kappa shape index (κ1) is 16.7. The van der Waals surface area contributed by atoms with Crippen molar-refractivity contribution in [1.29, 1.82) is 0 Å². The standard InChI is InChI=1S/C17H15ClO5/c1-22-12-4-5-13(16(9-12)23-2)14(17(20)21)8-10-7-11(18)3-6-15(10)19/h3-9,19H,1-2H3,(H,20,21)/b14-8-. The first-order chi connectivity index (χ1) is 11.0. The molecule has 0 saturated carbocycles. The molecule has 0 bridgehead atoms. The maximum atomic E-state index is 11.7. The number of hydrogen-bond acceptors (Lipinski definition) is 4. The number of ether oxygens (including phenoxy) is 2. The summed E-state index contributed by atoms with van der Waals surface area (Å²) in [5, 5.41) is 19.8. The van der Waals surface area contributed by atoms with Gasteiger partial charge in [-0.05, 0) is 36.4 Å². The Morgan fingerprint density at radius 3 is 2.48 bits per heavy atom. The van der Waals surface area contributed by atoms with Crippen LogP contribution in [0.5, 0.6) is 17.2 Å². The maximum Gasteiger partial charge on any atom is 0.336 e. The Morgan fingerprint density at radius 2 is 1.87 bits per heavy atom. The smallest absolute Gasteiger partial charge is 0.336 e. The Kier molecular flexibility index (Phi) is 5.13. The van der Waals surface area contributed by atoms with Gasteiger partial charge in [0.25, 0.3) is 0 Å². The van der Waals surface area contributed by atoms with E-state index < -0.39 is 5.97 Å². The van der Waals surface area contributed by atoms with Crippen molar-refractivity contribution in [3.63, 3.8) is 0 Å². The normalized spacial score (nSPS) is 11.2. The second-order valence-electron chi connectivity index (χ2n) is 4.63. The molecule has 23 heavy (non-hydrogen) atoms. The lowest BCUT2D eigenvalue weighted by atomic mass is 10.0. The van der Waals surface area contributed by atoms with Gasteiger partial charge >= 0.3 is 5.97 Å². The fourth-order valence-corrected chi connectivity index (χ4v) is 2.25. The molecule has 120 valence electrons. The Hall–Kier alpha value is -2.66. The van der Waals surface area contributed by atoms with Crippen LogP contribution in [0.25, 0.3) is 11.6 Å². The van der Waals surface area contributed by atoms with E-state index in [1.54, 1.807) is 18.2 Å². The first-order valence-corrected chi connectivity index (χ1v) is 7.00. The molecule has 0 heterocycles. The number of carbonyl (C=O) groups is 1. The number of carboxylic acids is 1. The van der Waals surface area contributed by atoms with Crippen LogP contribution in [0.2, 0.25) is 5.02 Å². The highest BCUT2D eigenvalue weighted by Gasteiger charge is 2.17. The number of aliphatic carboxylic acids is 1. The summed E-state index contributed by atoms with van der Waals surface area (Å²) in [6.07, 6.45) is 1.34. The monoisotopic (exact) mass is 334 g/mol. The molecule has 0 fully saturated rings. The van der Waals surface area contributed by atoms with E-state index in [1.807, 2.05) is 0 Å². The largest absolute Gasteiger partial charge is 0.507 e. The number of phenolic OH excluding ortho intramolecular Hbond substituents is 1. The molecular formula is C17H15ClO5. The SMILES string of the molecule is COc1ccc(/C(=C/c2cc(Cl)ccc2O)C(=O)O)c(OC)c1. The van der Waals surface area contributed by atoms with Crippen molar-refractivity contribution in [2.24, 2.45) is 0 Å². The molecule has 2 N–H and O–H groups in total. The van der Waals surface area contributed by atoms with Crippen molar-refractivity contribution >= 4 is 29.2 Å². The van der Waals surface area contributed by atoms with Gasteiger partial charge in [-0.2, -0.15) is 0 Å². The first-order valence-electron chi connectivity index (χ1n) is 6.62. The zero-order valence-electron chi connectivity index (χ0n) is 12.5. The molecule has 0 unspecified atom stereocenters. The number of aromatic hydroxyl groups is 1. The predicted octanol–water partition coefficient (Wildman–Crippen LogP) is 3.69. The van der Waals surface area contributed by atoms with Gasteiger partial charge in [0, 0.05) is 22.2 Å². The Labute approximate surface area is 138 Å². The summed E-state index contributed by atoms with van der Waals surface area (Å²) < 4.78 is 10.3. The Balaban J connectivity index is 2.61. The van der Waals surface area contributed by atoms with E-state index in [2.05, 4.69) is 0 Å². The number of methoxy groups -OCH3 is 2. The summed E-state index contributed by atoms with van der Waals surface area (Å²) in [5.41, 5.74) is 0.620. The van der Waals surface area contributed by atoms with Crippen LogP contribution in [0.15, 0.2) is 36.4 Å². The van der Waals surface area contributed by atoms with Crippen molar-refractivity contribution in [3.05, 3.63) is 52.5 Å². The number of halogens is 1. The lowest BCUT2D eigenvalue weighted by molar-refractivity contribution is -0.130. The molecule has 0 radical (unpaired) electrons. The molecule has 0 aliphatic heterocycles. The van der Waals surface area contributed by atoms with Gasteiger partial charge in [-0.1, -0.05) is 11.6 Å². The third kappa shape index (κ3) is 3.76. The predicted molar refractivity (Wildman–Crippen MR) is 88.2 cm³/mol. The van der Waals surface area contributed by atoms with Crippen LogP contribution >= 0.6 is 11.6 Å². The van der Waals surface area contributed by atoms with Gasteiger partial charge in [0.2, 0.25) is 0 Å². The van der Waals surface area contributed by atoms with Gasteiger partial charge in [-0.25, -0.2) is 4.79 Å². The highest BCUT2D eigenvalue weighted by Crippen LogP contribution is 2.33. The summed E-state index contributed by atoms with van der Waals surface area (Å²) in [7, 11) is 2.95. The lowest BCUT2D eigenvalue weighted by Crippen LogP contribution is -2.02. The Morgan fingerprint density at radius 1 is 1.13 bits per heavy atom. The second kappa shape index (κ2) is 7.07.